The number of fused-ring (bicyclic) bond motifs is 5. The van der Waals surface area contributed by atoms with E-state index in [9.17, 15) is 9.90 Å². The molecule has 4 rings (SSSR count). The van der Waals surface area contributed by atoms with E-state index < -0.39 is 11.5 Å². The smallest absolute Gasteiger partial charge is 0.171 e. The van der Waals surface area contributed by atoms with Crippen molar-refractivity contribution in [2.75, 3.05) is 0 Å². The molecule has 21 heavy (non-hydrogen) atoms. The molecule has 1 aromatic rings. The number of allylic oxidation sites excluding steroid dienone is 1. The molecule has 0 saturated heterocycles. The molecule has 1 aromatic carbocycles. The number of carbonyl (C=O) groups is 1. The van der Waals surface area contributed by atoms with Crippen LogP contribution in [0.2, 0.25) is 0 Å². The van der Waals surface area contributed by atoms with Gasteiger partial charge in [0, 0.05) is 0 Å². The predicted octanol–water partition coefficient (Wildman–Crippen LogP) is 3.25. The van der Waals surface area contributed by atoms with Crippen LogP contribution in [0.3, 0.4) is 0 Å². The molecule has 0 amide bonds. The Labute approximate surface area is 125 Å². The van der Waals surface area contributed by atoms with E-state index >= 15 is 0 Å². The number of hydrogen-bond acceptors (Lipinski definition) is 2. The predicted molar refractivity (Wildman–Crippen MR) is 82.0 cm³/mol. The van der Waals surface area contributed by atoms with Crippen LogP contribution in [0.1, 0.15) is 42.7 Å². The van der Waals surface area contributed by atoms with E-state index in [2.05, 4.69) is 30.8 Å². The van der Waals surface area contributed by atoms with Gasteiger partial charge in [0.1, 0.15) is 6.10 Å². The fraction of sp³-hybridized carbons (Fsp3) is 0.526. The van der Waals surface area contributed by atoms with Crippen LogP contribution in [-0.2, 0) is 11.2 Å². The second-order valence-corrected chi connectivity index (χ2v) is 7.01. The molecule has 0 bridgehead atoms. The third kappa shape index (κ3) is 1.66. The van der Waals surface area contributed by atoms with Gasteiger partial charge in [-0.3, -0.25) is 4.79 Å². The van der Waals surface area contributed by atoms with E-state index in [-0.39, 0.29) is 11.7 Å². The van der Waals surface area contributed by atoms with Crippen molar-refractivity contribution in [2.45, 2.75) is 44.1 Å². The highest BCUT2D eigenvalue weighted by molar-refractivity contribution is 5.93. The summed E-state index contributed by atoms with van der Waals surface area (Å²) >= 11 is 0. The van der Waals surface area contributed by atoms with Crippen molar-refractivity contribution in [3.05, 3.63) is 48.0 Å². The number of benzene rings is 1. The van der Waals surface area contributed by atoms with Gasteiger partial charge in [-0.25, -0.2) is 0 Å². The largest absolute Gasteiger partial charge is 0.385 e. The molecule has 2 heteroatoms. The summed E-state index contributed by atoms with van der Waals surface area (Å²) in [5, 5.41) is 10.1. The first kappa shape index (κ1) is 13.3. The minimum absolute atomic E-state index is 0.0276. The summed E-state index contributed by atoms with van der Waals surface area (Å²) in [7, 11) is 0. The Morgan fingerprint density at radius 2 is 2.10 bits per heavy atom. The Hall–Kier alpha value is -1.41. The highest BCUT2D eigenvalue weighted by Crippen LogP contribution is 2.60. The first-order valence-corrected chi connectivity index (χ1v) is 8.11. The zero-order valence-electron chi connectivity index (χ0n) is 12.3. The summed E-state index contributed by atoms with van der Waals surface area (Å²) in [4.78, 5) is 12.5. The van der Waals surface area contributed by atoms with Crippen LogP contribution in [0, 0.1) is 17.3 Å². The summed E-state index contributed by atoms with van der Waals surface area (Å²) in [5.74, 6) is 1.39. The molecule has 0 aliphatic heterocycles. The van der Waals surface area contributed by atoms with E-state index in [1.54, 1.807) is 0 Å². The van der Waals surface area contributed by atoms with Gasteiger partial charge in [-0.05, 0) is 61.0 Å². The van der Waals surface area contributed by atoms with Gasteiger partial charge < -0.3 is 5.11 Å². The average molecular weight is 282 g/mol. The number of aliphatic hydroxyl groups excluding tert-OH is 1. The number of Topliss-reactive ketones (excluding diaryl/α,β-unsaturated/α-hetero) is 1. The Balaban J connectivity index is 1.76. The molecule has 3 aliphatic rings. The highest BCUT2D eigenvalue weighted by Gasteiger charge is 2.58. The molecule has 0 spiro atoms. The summed E-state index contributed by atoms with van der Waals surface area (Å²) in [6.07, 6.45) is 5.85. The molecular weight excluding hydrogens is 260 g/mol. The number of ketones is 1. The first-order valence-electron chi connectivity index (χ1n) is 8.11. The van der Waals surface area contributed by atoms with E-state index in [1.165, 1.54) is 11.1 Å². The Morgan fingerprint density at radius 3 is 2.90 bits per heavy atom. The fourth-order valence-corrected chi connectivity index (χ4v) is 5.39. The van der Waals surface area contributed by atoms with Crippen LogP contribution in [-0.4, -0.2) is 17.0 Å². The lowest BCUT2D eigenvalue weighted by Gasteiger charge is -2.48. The van der Waals surface area contributed by atoms with Gasteiger partial charge in [-0.2, -0.15) is 0 Å². The summed E-state index contributed by atoms with van der Waals surface area (Å²) < 4.78 is 0. The van der Waals surface area contributed by atoms with Gasteiger partial charge in [-0.1, -0.05) is 30.3 Å². The van der Waals surface area contributed by atoms with Crippen molar-refractivity contribution in [3.8, 4) is 0 Å². The van der Waals surface area contributed by atoms with Crippen LogP contribution >= 0.6 is 0 Å². The van der Waals surface area contributed by atoms with E-state index in [0.717, 1.165) is 25.7 Å². The second kappa shape index (κ2) is 4.54. The summed E-state index contributed by atoms with van der Waals surface area (Å²) in [5.41, 5.74) is 2.52. The van der Waals surface area contributed by atoms with Gasteiger partial charge in [0.15, 0.2) is 5.78 Å². The maximum absolute atomic E-state index is 12.5. The van der Waals surface area contributed by atoms with Crippen LogP contribution in [0.5, 0.6) is 0 Å². The quantitative estimate of drug-likeness (QED) is 0.803. The lowest BCUT2D eigenvalue weighted by atomic mass is 9.55. The first-order chi connectivity index (χ1) is 10.2. The molecule has 3 aliphatic carbocycles. The molecule has 0 radical (unpaired) electrons. The number of rotatable bonds is 1. The van der Waals surface area contributed by atoms with Crippen molar-refractivity contribution in [3.63, 3.8) is 0 Å². The maximum Gasteiger partial charge on any atom is 0.171 e. The van der Waals surface area contributed by atoms with Crippen LogP contribution < -0.4 is 0 Å². The molecule has 1 unspecified atom stereocenters. The van der Waals surface area contributed by atoms with Crippen LogP contribution in [0.15, 0.2) is 36.9 Å². The van der Waals surface area contributed by atoms with Crippen molar-refractivity contribution < 1.29 is 9.90 Å². The van der Waals surface area contributed by atoms with Crippen molar-refractivity contribution in [1.29, 1.82) is 0 Å². The Bertz CT molecular complexity index is 605. The fourth-order valence-electron chi connectivity index (χ4n) is 5.39. The van der Waals surface area contributed by atoms with Gasteiger partial charge in [0.2, 0.25) is 0 Å². The second-order valence-electron chi connectivity index (χ2n) is 7.01. The minimum atomic E-state index is -0.774. The molecule has 2 fully saturated rings. The normalized spacial score (nSPS) is 41.1. The van der Waals surface area contributed by atoms with Crippen molar-refractivity contribution in [1.82, 2.24) is 0 Å². The van der Waals surface area contributed by atoms with Gasteiger partial charge in [-0.15, -0.1) is 6.58 Å². The standard InChI is InChI=1S/C19H22O2/c1-2-19-10-9-14-13-6-4-3-5-12(13)7-8-15(14)16(19)11-17(20)18(19)21/h2-6,14-17,20H,1,7-11H2/t14-,15-,16+,17?,19+/m1/s1. The summed E-state index contributed by atoms with van der Waals surface area (Å²) in [6, 6.07) is 8.76. The molecule has 1 N–H and O–H groups in total. The lowest BCUT2D eigenvalue weighted by molar-refractivity contribution is -0.132. The van der Waals surface area contributed by atoms with Crippen LogP contribution in [0.25, 0.3) is 0 Å². The van der Waals surface area contributed by atoms with E-state index in [0.29, 0.717) is 18.3 Å². The Morgan fingerprint density at radius 1 is 1.29 bits per heavy atom. The number of aliphatic hydroxyl groups is 1. The third-order valence-corrected chi connectivity index (χ3v) is 6.37. The Kier molecular flexibility index (Phi) is 2.87. The van der Waals surface area contributed by atoms with E-state index in [1.807, 2.05) is 6.08 Å². The van der Waals surface area contributed by atoms with Crippen molar-refractivity contribution in [2.24, 2.45) is 17.3 Å². The topological polar surface area (TPSA) is 37.3 Å². The average Bonchev–Trinajstić information content (AvgIpc) is 2.79. The number of aryl methyl sites for hydroxylation is 1. The third-order valence-electron chi connectivity index (χ3n) is 6.37. The monoisotopic (exact) mass is 282 g/mol. The molecule has 2 saturated carbocycles. The molecule has 2 nitrogen and oxygen atoms in total. The number of carbonyl (C=O) groups excluding carboxylic acids is 1. The molecule has 110 valence electrons. The van der Waals surface area contributed by atoms with Gasteiger partial charge >= 0.3 is 0 Å². The van der Waals surface area contributed by atoms with Crippen LogP contribution in [0.4, 0.5) is 0 Å². The maximum atomic E-state index is 12.5. The number of hydrogen-bond donors (Lipinski definition) is 1. The molecule has 0 heterocycles. The SMILES string of the molecule is C=C[C@]12CC[C@@H]3c4ccccc4CC[C@H]3[C@@H]1CC(O)C2=O. The van der Waals surface area contributed by atoms with E-state index in [4.69, 9.17) is 0 Å². The molecule has 5 atom stereocenters. The minimum Gasteiger partial charge on any atom is -0.385 e. The highest BCUT2D eigenvalue weighted by atomic mass is 16.3. The van der Waals surface area contributed by atoms with Gasteiger partial charge in [0.05, 0.1) is 5.41 Å². The molecule has 0 aromatic heterocycles. The summed E-state index contributed by atoms with van der Waals surface area (Å²) in [6.45, 7) is 3.95. The molecular formula is C19H22O2. The zero-order chi connectivity index (χ0) is 14.6. The van der Waals surface area contributed by atoms with Gasteiger partial charge in [0.25, 0.3) is 0 Å². The zero-order valence-corrected chi connectivity index (χ0v) is 12.3. The van der Waals surface area contributed by atoms with Crippen molar-refractivity contribution >= 4 is 5.78 Å². The lowest BCUT2D eigenvalue weighted by Crippen LogP contribution is -2.43.